The Labute approximate surface area is 117 Å². The van der Waals surface area contributed by atoms with Crippen molar-refractivity contribution in [3.8, 4) is 17.6 Å². The van der Waals surface area contributed by atoms with Crippen LogP contribution in [0.2, 0.25) is 0 Å². The van der Waals surface area contributed by atoms with E-state index in [9.17, 15) is 4.39 Å². The van der Waals surface area contributed by atoms with Crippen LogP contribution < -0.4 is 10.5 Å². The van der Waals surface area contributed by atoms with Gasteiger partial charge in [0, 0.05) is 24.0 Å². The molecule has 0 aliphatic rings. The first-order chi connectivity index (χ1) is 9.69. The first-order valence-corrected chi connectivity index (χ1v) is 6.29. The highest BCUT2D eigenvalue weighted by molar-refractivity contribution is 5.40. The van der Waals surface area contributed by atoms with Crippen molar-refractivity contribution in [2.75, 3.05) is 13.2 Å². The Morgan fingerprint density at radius 1 is 1.40 bits per heavy atom. The molecular weight excluding hydrogens is 257 g/mol. The molecule has 2 rings (SSSR count). The average molecular weight is 273 g/mol. The molecule has 1 aromatic heterocycles. The lowest BCUT2D eigenvalue weighted by molar-refractivity contribution is 0.295. The maximum absolute atomic E-state index is 13.4. The molecule has 0 spiro atoms. The maximum atomic E-state index is 13.4. The summed E-state index contributed by atoms with van der Waals surface area (Å²) in [6, 6.07) is 4.40. The van der Waals surface area contributed by atoms with Crippen molar-refractivity contribution in [3.05, 3.63) is 47.8 Å². The molecule has 4 nitrogen and oxygen atoms in total. The summed E-state index contributed by atoms with van der Waals surface area (Å²) in [7, 11) is 0. The van der Waals surface area contributed by atoms with Crippen LogP contribution in [0.1, 0.15) is 11.4 Å². The van der Waals surface area contributed by atoms with Gasteiger partial charge in [-0.25, -0.2) is 9.37 Å². The van der Waals surface area contributed by atoms with Crippen molar-refractivity contribution < 1.29 is 9.13 Å². The van der Waals surface area contributed by atoms with Gasteiger partial charge in [0.25, 0.3) is 0 Å². The van der Waals surface area contributed by atoms with E-state index in [4.69, 9.17) is 10.5 Å². The quantitative estimate of drug-likeness (QED) is 0.863. The van der Waals surface area contributed by atoms with Crippen LogP contribution in [0, 0.1) is 24.6 Å². The third-order valence-corrected chi connectivity index (χ3v) is 2.73. The Kier molecular flexibility index (Phi) is 4.75. The minimum Gasteiger partial charge on any atom is -0.492 e. The minimum atomic E-state index is -0.373. The summed E-state index contributed by atoms with van der Waals surface area (Å²) in [5.41, 5.74) is 5.85. The Bertz CT molecular complexity index is 640. The molecule has 5 heteroatoms. The number of hydrogen-bond donors (Lipinski definition) is 1. The zero-order valence-electron chi connectivity index (χ0n) is 11.3. The number of nitrogens with zero attached hydrogens (tertiary/aromatic N) is 2. The smallest absolute Gasteiger partial charge is 0.128 e. The van der Waals surface area contributed by atoms with Gasteiger partial charge in [0.05, 0.1) is 13.1 Å². The summed E-state index contributed by atoms with van der Waals surface area (Å²) in [6.07, 6.45) is 3.61. The topological polar surface area (TPSA) is 53.1 Å². The van der Waals surface area contributed by atoms with Gasteiger partial charge in [-0.1, -0.05) is 11.8 Å². The summed E-state index contributed by atoms with van der Waals surface area (Å²) >= 11 is 0. The Hall–Kier alpha value is -2.32. The third kappa shape index (κ3) is 3.84. The molecule has 2 aromatic rings. The number of benzene rings is 1. The summed E-state index contributed by atoms with van der Waals surface area (Å²) in [4.78, 5) is 4.12. The van der Waals surface area contributed by atoms with E-state index in [0.717, 1.165) is 5.82 Å². The van der Waals surface area contributed by atoms with E-state index in [1.807, 2.05) is 17.7 Å². The predicted molar refractivity (Wildman–Crippen MR) is 74.8 cm³/mol. The van der Waals surface area contributed by atoms with Crippen LogP contribution in [0.4, 0.5) is 4.39 Å². The number of nitrogens with two attached hydrogens (primary N) is 1. The number of ether oxygens (including phenoxy) is 1. The molecule has 20 heavy (non-hydrogen) atoms. The zero-order chi connectivity index (χ0) is 14.4. The molecular formula is C15H16FN3O. The standard InChI is InChI=1S/C15H16FN3O/c1-12-18-5-6-19(12)7-8-20-15-10-13(3-2-4-17)9-14(16)11-15/h5-6,9-11H,4,7-8,17H2,1H3. The first kappa shape index (κ1) is 14.1. The lowest BCUT2D eigenvalue weighted by Crippen LogP contribution is -2.09. The van der Waals surface area contributed by atoms with Gasteiger partial charge in [-0.2, -0.15) is 0 Å². The fourth-order valence-electron chi connectivity index (χ4n) is 1.77. The normalized spacial score (nSPS) is 9.95. The number of imidazole rings is 1. The van der Waals surface area contributed by atoms with Gasteiger partial charge in [0.1, 0.15) is 24.0 Å². The minimum absolute atomic E-state index is 0.243. The van der Waals surface area contributed by atoms with Gasteiger partial charge in [-0.15, -0.1) is 0 Å². The summed E-state index contributed by atoms with van der Waals surface area (Å²) in [6.45, 7) is 3.26. The molecule has 1 aromatic carbocycles. The largest absolute Gasteiger partial charge is 0.492 e. The van der Waals surface area contributed by atoms with E-state index >= 15 is 0 Å². The van der Waals surface area contributed by atoms with Gasteiger partial charge >= 0.3 is 0 Å². The van der Waals surface area contributed by atoms with Crippen molar-refractivity contribution >= 4 is 0 Å². The second-order valence-corrected chi connectivity index (χ2v) is 4.20. The highest BCUT2D eigenvalue weighted by atomic mass is 19.1. The molecule has 0 radical (unpaired) electrons. The van der Waals surface area contributed by atoms with Crippen LogP contribution in [0.15, 0.2) is 30.6 Å². The zero-order valence-corrected chi connectivity index (χ0v) is 11.3. The van der Waals surface area contributed by atoms with Crippen molar-refractivity contribution in [3.63, 3.8) is 0 Å². The molecule has 0 unspecified atom stereocenters. The highest BCUT2D eigenvalue weighted by Gasteiger charge is 2.01. The second kappa shape index (κ2) is 6.73. The van der Waals surface area contributed by atoms with Crippen LogP contribution in [0.25, 0.3) is 0 Å². The molecule has 0 atom stereocenters. The monoisotopic (exact) mass is 273 g/mol. The Morgan fingerprint density at radius 2 is 2.25 bits per heavy atom. The Morgan fingerprint density at radius 3 is 2.95 bits per heavy atom. The number of aromatic nitrogens is 2. The maximum Gasteiger partial charge on any atom is 0.128 e. The fraction of sp³-hybridized carbons (Fsp3) is 0.267. The predicted octanol–water partition coefficient (Wildman–Crippen LogP) is 1.72. The van der Waals surface area contributed by atoms with Crippen LogP contribution in [-0.4, -0.2) is 22.7 Å². The molecule has 0 amide bonds. The third-order valence-electron chi connectivity index (χ3n) is 2.73. The van der Waals surface area contributed by atoms with Gasteiger partial charge in [0.2, 0.25) is 0 Å². The highest BCUT2D eigenvalue weighted by Crippen LogP contribution is 2.16. The first-order valence-electron chi connectivity index (χ1n) is 6.29. The molecule has 0 bridgehead atoms. The molecule has 0 saturated heterocycles. The summed E-state index contributed by atoms with van der Waals surface area (Å²) in [5.74, 6) is 6.48. The van der Waals surface area contributed by atoms with Crippen LogP contribution in [-0.2, 0) is 6.54 Å². The van der Waals surface area contributed by atoms with Gasteiger partial charge < -0.3 is 15.0 Å². The molecule has 0 saturated carbocycles. The number of aryl methyl sites for hydroxylation is 1. The molecule has 0 fully saturated rings. The van der Waals surface area contributed by atoms with Gasteiger partial charge in [0.15, 0.2) is 0 Å². The van der Waals surface area contributed by atoms with E-state index in [2.05, 4.69) is 16.8 Å². The van der Waals surface area contributed by atoms with E-state index in [0.29, 0.717) is 24.5 Å². The molecule has 0 aliphatic heterocycles. The van der Waals surface area contributed by atoms with E-state index in [1.54, 1.807) is 12.3 Å². The van der Waals surface area contributed by atoms with Gasteiger partial charge in [-0.3, -0.25) is 0 Å². The molecule has 1 heterocycles. The second-order valence-electron chi connectivity index (χ2n) is 4.20. The van der Waals surface area contributed by atoms with Crippen molar-refractivity contribution in [2.45, 2.75) is 13.5 Å². The van der Waals surface area contributed by atoms with E-state index in [1.165, 1.54) is 12.1 Å². The Balaban J connectivity index is 1.99. The lowest BCUT2D eigenvalue weighted by Gasteiger charge is -2.08. The summed E-state index contributed by atoms with van der Waals surface area (Å²) < 4.78 is 20.9. The van der Waals surface area contributed by atoms with Crippen LogP contribution in [0.3, 0.4) is 0 Å². The lowest BCUT2D eigenvalue weighted by atomic mass is 10.2. The van der Waals surface area contributed by atoms with Crippen molar-refractivity contribution in [2.24, 2.45) is 5.73 Å². The SMILES string of the molecule is Cc1nccn1CCOc1cc(F)cc(C#CCN)c1. The number of hydrogen-bond acceptors (Lipinski definition) is 3. The van der Waals surface area contributed by atoms with Crippen LogP contribution >= 0.6 is 0 Å². The number of halogens is 1. The molecule has 104 valence electrons. The van der Waals surface area contributed by atoms with Crippen molar-refractivity contribution in [1.29, 1.82) is 0 Å². The van der Waals surface area contributed by atoms with E-state index in [-0.39, 0.29) is 12.4 Å². The van der Waals surface area contributed by atoms with Crippen molar-refractivity contribution in [1.82, 2.24) is 9.55 Å². The summed E-state index contributed by atoms with van der Waals surface area (Å²) in [5, 5.41) is 0. The van der Waals surface area contributed by atoms with Crippen LogP contribution in [0.5, 0.6) is 5.75 Å². The molecule has 2 N–H and O–H groups in total. The number of rotatable bonds is 4. The van der Waals surface area contributed by atoms with Gasteiger partial charge in [-0.05, 0) is 19.1 Å². The van der Waals surface area contributed by atoms with E-state index < -0.39 is 0 Å². The molecule has 0 aliphatic carbocycles. The fourth-order valence-corrected chi connectivity index (χ4v) is 1.77. The average Bonchev–Trinajstić information content (AvgIpc) is 2.82.